The van der Waals surface area contributed by atoms with Crippen molar-refractivity contribution in [2.24, 2.45) is 5.73 Å². The van der Waals surface area contributed by atoms with Gasteiger partial charge in [-0.25, -0.2) is 0 Å². The first-order chi connectivity index (χ1) is 8.77. The van der Waals surface area contributed by atoms with E-state index in [1.54, 1.807) is 11.6 Å². The third kappa shape index (κ3) is 3.44. The van der Waals surface area contributed by atoms with Crippen molar-refractivity contribution in [2.75, 3.05) is 6.54 Å². The van der Waals surface area contributed by atoms with Crippen LogP contribution in [0.2, 0.25) is 0 Å². The van der Waals surface area contributed by atoms with Crippen LogP contribution in [0, 0.1) is 0 Å². The van der Waals surface area contributed by atoms with E-state index in [9.17, 15) is 4.79 Å². The van der Waals surface area contributed by atoms with Crippen LogP contribution < -0.4 is 11.1 Å². The summed E-state index contributed by atoms with van der Waals surface area (Å²) in [7, 11) is 0. The highest BCUT2D eigenvalue weighted by Gasteiger charge is 2.07. The number of primary amides is 1. The van der Waals surface area contributed by atoms with Gasteiger partial charge in [0.05, 0.1) is 0 Å². The van der Waals surface area contributed by atoms with Crippen LogP contribution in [0.1, 0.15) is 41.6 Å². The third-order valence-corrected chi connectivity index (χ3v) is 3.36. The summed E-state index contributed by atoms with van der Waals surface area (Å²) in [4.78, 5) is 11.2. The van der Waals surface area contributed by atoms with Gasteiger partial charge in [0.25, 0.3) is 0 Å². The van der Waals surface area contributed by atoms with Gasteiger partial charge < -0.3 is 11.1 Å². The van der Waals surface area contributed by atoms with Crippen molar-refractivity contribution < 1.29 is 4.79 Å². The minimum atomic E-state index is -0.356. The second kappa shape index (κ2) is 6.36. The predicted molar refractivity (Wildman–Crippen MR) is 73.2 cm³/mol. The first kappa shape index (κ1) is 12.8. The molecule has 96 valence electrons. The lowest BCUT2D eigenvalue weighted by Gasteiger charge is -2.08. The Morgan fingerprint density at radius 1 is 1.33 bits per heavy atom. The molecule has 0 aliphatic heterocycles. The van der Waals surface area contributed by atoms with Crippen molar-refractivity contribution in [1.29, 1.82) is 0 Å². The number of hydrogen-bond donors (Lipinski definition) is 2. The molecular formula is C15H20N2O. The Hall–Kier alpha value is -1.61. The normalized spacial score (nSPS) is 14.6. The first-order valence-electron chi connectivity index (χ1n) is 6.53. The lowest BCUT2D eigenvalue weighted by molar-refractivity contribution is 0.0999. The van der Waals surface area contributed by atoms with Gasteiger partial charge in [-0.3, -0.25) is 4.79 Å². The average Bonchev–Trinajstić information content (AvgIpc) is 2.88. The highest BCUT2D eigenvalue weighted by atomic mass is 16.1. The lowest BCUT2D eigenvalue weighted by atomic mass is 10.1. The molecule has 18 heavy (non-hydrogen) atoms. The summed E-state index contributed by atoms with van der Waals surface area (Å²) in [6, 6.07) is 7.50. The summed E-state index contributed by atoms with van der Waals surface area (Å²) in [5.41, 5.74) is 8.50. The molecule has 2 rings (SSSR count). The zero-order valence-corrected chi connectivity index (χ0v) is 10.6. The van der Waals surface area contributed by atoms with Gasteiger partial charge >= 0.3 is 0 Å². The van der Waals surface area contributed by atoms with Crippen molar-refractivity contribution in [3.8, 4) is 0 Å². The molecule has 1 aliphatic carbocycles. The van der Waals surface area contributed by atoms with Gasteiger partial charge in [0, 0.05) is 12.1 Å². The molecule has 1 amide bonds. The second-order valence-electron chi connectivity index (χ2n) is 4.70. The van der Waals surface area contributed by atoms with Crippen molar-refractivity contribution in [3.05, 3.63) is 47.0 Å². The van der Waals surface area contributed by atoms with Crippen molar-refractivity contribution in [3.63, 3.8) is 0 Å². The molecule has 0 radical (unpaired) electrons. The van der Waals surface area contributed by atoms with Crippen LogP contribution in [0.25, 0.3) is 0 Å². The Kier molecular flexibility index (Phi) is 4.53. The zero-order valence-electron chi connectivity index (χ0n) is 10.6. The summed E-state index contributed by atoms with van der Waals surface area (Å²) in [5, 5.41) is 3.38. The van der Waals surface area contributed by atoms with Crippen molar-refractivity contribution in [1.82, 2.24) is 5.32 Å². The average molecular weight is 244 g/mol. The second-order valence-corrected chi connectivity index (χ2v) is 4.70. The minimum absolute atomic E-state index is 0.356. The Balaban J connectivity index is 1.81. The lowest BCUT2D eigenvalue weighted by Crippen LogP contribution is -2.20. The van der Waals surface area contributed by atoms with Crippen LogP contribution in [-0.2, 0) is 6.54 Å². The number of benzene rings is 1. The van der Waals surface area contributed by atoms with Gasteiger partial charge in [-0.05, 0) is 43.9 Å². The molecule has 1 aliphatic rings. The molecular weight excluding hydrogens is 224 g/mol. The molecule has 0 spiro atoms. The number of nitrogens with one attached hydrogen (secondary N) is 1. The molecule has 0 saturated heterocycles. The highest BCUT2D eigenvalue weighted by Crippen LogP contribution is 2.19. The SMILES string of the molecule is NC(=O)c1ccccc1CNCCC1=CCCC1. The van der Waals surface area contributed by atoms with Crippen LogP contribution in [0.15, 0.2) is 35.9 Å². The van der Waals surface area contributed by atoms with E-state index >= 15 is 0 Å². The van der Waals surface area contributed by atoms with Crippen molar-refractivity contribution in [2.45, 2.75) is 32.2 Å². The number of carbonyl (C=O) groups excluding carboxylic acids is 1. The molecule has 0 fully saturated rings. The molecule has 0 atom stereocenters. The molecule has 1 aromatic rings. The highest BCUT2D eigenvalue weighted by molar-refractivity contribution is 5.94. The maximum absolute atomic E-state index is 11.2. The van der Waals surface area contributed by atoms with Gasteiger partial charge in [-0.1, -0.05) is 29.8 Å². The van der Waals surface area contributed by atoms with E-state index in [2.05, 4.69) is 11.4 Å². The number of rotatable bonds is 6. The Labute approximate surface area is 108 Å². The Bertz CT molecular complexity index is 452. The molecule has 3 N–H and O–H groups in total. The summed E-state index contributed by atoms with van der Waals surface area (Å²) in [5.74, 6) is -0.356. The molecule has 0 bridgehead atoms. The van der Waals surface area contributed by atoms with E-state index in [1.165, 1.54) is 19.3 Å². The fourth-order valence-corrected chi connectivity index (χ4v) is 2.35. The van der Waals surface area contributed by atoms with Crippen LogP contribution in [0.4, 0.5) is 0 Å². The maximum atomic E-state index is 11.2. The standard InChI is InChI=1S/C15H20N2O/c16-15(18)14-8-4-3-7-13(14)11-17-10-9-12-5-1-2-6-12/h3-5,7-8,17H,1-2,6,9-11H2,(H2,16,18). The molecule has 0 unspecified atom stereocenters. The van der Waals surface area contributed by atoms with Crippen LogP contribution in [0.5, 0.6) is 0 Å². The number of nitrogens with two attached hydrogens (primary N) is 1. The Morgan fingerprint density at radius 2 is 2.17 bits per heavy atom. The largest absolute Gasteiger partial charge is 0.366 e. The summed E-state index contributed by atoms with van der Waals surface area (Å²) in [6.07, 6.45) is 7.25. The van der Waals surface area contributed by atoms with Crippen LogP contribution >= 0.6 is 0 Å². The van der Waals surface area contributed by atoms with Crippen molar-refractivity contribution >= 4 is 5.91 Å². The van der Waals surface area contributed by atoms with Gasteiger partial charge in [0.2, 0.25) is 5.91 Å². The number of carbonyl (C=O) groups is 1. The molecule has 3 nitrogen and oxygen atoms in total. The van der Waals surface area contributed by atoms with Gasteiger partial charge in [-0.2, -0.15) is 0 Å². The van der Waals surface area contributed by atoms with Gasteiger partial charge in [0.15, 0.2) is 0 Å². The minimum Gasteiger partial charge on any atom is -0.366 e. The molecule has 3 heteroatoms. The summed E-state index contributed by atoms with van der Waals surface area (Å²) >= 11 is 0. The monoisotopic (exact) mass is 244 g/mol. The summed E-state index contributed by atoms with van der Waals surface area (Å²) in [6.45, 7) is 1.66. The number of hydrogen-bond acceptors (Lipinski definition) is 2. The van der Waals surface area contributed by atoms with E-state index in [-0.39, 0.29) is 5.91 Å². The summed E-state index contributed by atoms with van der Waals surface area (Å²) < 4.78 is 0. The molecule has 0 saturated carbocycles. The Morgan fingerprint density at radius 3 is 2.89 bits per heavy atom. The zero-order chi connectivity index (χ0) is 12.8. The van der Waals surface area contributed by atoms with Gasteiger partial charge in [0.1, 0.15) is 0 Å². The molecule has 1 aromatic carbocycles. The maximum Gasteiger partial charge on any atom is 0.249 e. The number of allylic oxidation sites excluding steroid dienone is 1. The van der Waals surface area contributed by atoms with E-state index < -0.39 is 0 Å². The fraction of sp³-hybridized carbons (Fsp3) is 0.400. The number of amides is 1. The first-order valence-corrected chi connectivity index (χ1v) is 6.53. The van der Waals surface area contributed by atoms with Crippen LogP contribution in [-0.4, -0.2) is 12.5 Å². The third-order valence-electron chi connectivity index (χ3n) is 3.36. The quantitative estimate of drug-likeness (QED) is 0.596. The molecule has 0 heterocycles. The topological polar surface area (TPSA) is 55.1 Å². The van der Waals surface area contributed by atoms with E-state index in [0.717, 1.165) is 18.5 Å². The predicted octanol–water partition coefficient (Wildman–Crippen LogP) is 2.38. The molecule has 0 aromatic heterocycles. The van der Waals surface area contributed by atoms with E-state index in [0.29, 0.717) is 12.1 Å². The van der Waals surface area contributed by atoms with E-state index in [4.69, 9.17) is 5.73 Å². The fourth-order valence-electron chi connectivity index (χ4n) is 2.35. The van der Waals surface area contributed by atoms with Crippen LogP contribution in [0.3, 0.4) is 0 Å². The van der Waals surface area contributed by atoms with Gasteiger partial charge in [-0.15, -0.1) is 0 Å². The van der Waals surface area contributed by atoms with E-state index in [1.807, 2.05) is 18.2 Å². The smallest absolute Gasteiger partial charge is 0.249 e.